The zero-order valence-corrected chi connectivity index (χ0v) is 25.8. The Morgan fingerprint density at radius 2 is 1.56 bits per heavy atom. The van der Waals surface area contributed by atoms with Crippen LogP contribution in [0.2, 0.25) is 5.02 Å². The van der Waals surface area contributed by atoms with Crippen LogP contribution >= 0.6 is 22.9 Å². The second kappa shape index (κ2) is 14.6. The number of hydrogen-bond donors (Lipinski definition) is 2. The molecular formula is C28H28ClN2NaO6S. The van der Waals surface area contributed by atoms with Gasteiger partial charge < -0.3 is 25.3 Å². The average molecular weight is 579 g/mol. The van der Waals surface area contributed by atoms with Crippen molar-refractivity contribution in [2.45, 2.75) is 52.1 Å². The number of benzene rings is 2. The molecule has 0 saturated heterocycles. The van der Waals surface area contributed by atoms with Gasteiger partial charge >= 0.3 is 35.5 Å². The second-order valence-corrected chi connectivity index (χ2v) is 10.8. The van der Waals surface area contributed by atoms with Crippen LogP contribution in [0.4, 0.5) is 10.7 Å². The molecule has 0 radical (unpaired) electrons. The van der Waals surface area contributed by atoms with Crippen LogP contribution in [0.3, 0.4) is 0 Å². The van der Waals surface area contributed by atoms with Gasteiger partial charge in [0.2, 0.25) is 11.8 Å². The Morgan fingerprint density at radius 1 is 0.949 bits per heavy atom. The second-order valence-electron chi connectivity index (χ2n) is 9.50. The third-order valence-electron chi connectivity index (χ3n) is 5.27. The van der Waals surface area contributed by atoms with E-state index in [1.165, 1.54) is 29.5 Å². The predicted molar refractivity (Wildman–Crippen MR) is 146 cm³/mol. The van der Waals surface area contributed by atoms with Gasteiger partial charge in [0.25, 0.3) is 0 Å². The summed E-state index contributed by atoms with van der Waals surface area (Å²) in [5, 5.41) is 19.0. The first-order valence-corrected chi connectivity index (χ1v) is 13.2. The Kier molecular flexibility index (Phi) is 12.2. The summed E-state index contributed by atoms with van der Waals surface area (Å²) in [7, 11) is 0. The zero-order valence-electron chi connectivity index (χ0n) is 22.3. The summed E-state index contributed by atoms with van der Waals surface area (Å²) in [6.07, 6.45) is 1.02. The van der Waals surface area contributed by atoms with Crippen molar-refractivity contribution in [3.05, 3.63) is 70.1 Å². The monoisotopic (exact) mass is 578 g/mol. The number of ether oxygens (including phenoxy) is 1. The molecule has 0 unspecified atom stereocenters. The maximum Gasteiger partial charge on any atom is 1.00 e. The van der Waals surface area contributed by atoms with E-state index in [9.17, 15) is 24.3 Å². The number of amides is 2. The van der Waals surface area contributed by atoms with Crippen molar-refractivity contribution in [1.82, 2.24) is 0 Å². The van der Waals surface area contributed by atoms with Crippen molar-refractivity contribution in [2.24, 2.45) is 0 Å². The van der Waals surface area contributed by atoms with Crippen LogP contribution in [0.25, 0.3) is 11.1 Å². The molecule has 200 valence electrons. The van der Waals surface area contributed by atoms with Gasteiger partial charge in [0.1, 0.15) is 16.2 Å². The number of nitrogens with one attached hydrogen (secondary N) is 2. The van der Waals surface area contributed by atoms with Crippen LogP contribution in [0, 0.1) is 0 Å². The van der Waals surface area contributed by atoms with E-state index < -0.39 is 23.4 Å². The van der Waals surface area contributed by atoms with Crippen molar-refractivity contribution in [2.75, 3.05) is 10.6 Å². The van der Waals surface area contributed by atoms with E-state index in [1.54, 1.807) is 20.8 Å². The molecule has 0 spiro atoms. The number of unbranched alkanes of at least 4 members (excludes halogenated alkanes) is 1. The van der Waals surface area contributed by atoms with E-state index in [-0.39, 0.29) is 64.6 Å². The minimum atomic E-state index is -1.45. The van der Waals surface area contributed by atoms with Gasteiger partial charge in [0.15, 0.2) is 0 Å². The number of carboxylic acids is 1. The molecule has 2 aromatic carbocycles. The number of hydrogen-bond acceptors (Lipinski definition) is 7. The first-order valence-electron chi connectivity index (χ1n) is 12.0. The Labute approximate surface area is 258 Å². The van der Waals surface area contributed by atoms with Crippen molar-refractivity contribution in [1.29, 1.82) is 0 Å². The number of anilines is 2. The Morgan fingerprint density at radius 3 is 2.15 bits per heavy atom. The molecule has 0 atom stereocenters. The standard InChI is InChI=1S/C28H29ClN2O6S.Na/c1-28(2,3)37-27(36)24-20(17-9-5-4-6-10-17)16-38-25(24)31-23(33)12-8-7-11-22(32)30-21-14-13-18(29)15-19(21)26(34)35;/h4-6,9-10,13-16H,7-8,11-12H2,1-3H3,(H,30,32)(H,31,33)(H,34,35);/q;+1/p-1. The maximum atomic E-state index is 13.0. The number of aromatic carboxylic acids is 1. The molecule has 0 saturated carbocycles. The molecule has 39 heavy (non-hydrogen) atoms. The zero-order chi connectivity index (χ0) is 27.9. The molecule has 0 aliphatic heterocycles. The number of carbonyl (C=O) groups is 4. The van der Waals surface area contributed by atoms with E-state index >= 15 is 0 Å². The summed E-state index contributed by atoms with van der Waals surface area (Å²) >= 11 is 7.05. The van der Waals surface area contributed by atoms with E-state index in [0.717, 1.165) is 5.56 Å². The molecule has 1 heterocycles. The fraction of sp³-hybridized carbons (Fsp3) is 0.286. The Hall–Kier alpha value is -2.69. The van der Waals surface area contributed by atoms with Gasteiger partial charge in [-0.05, 0) is 57.4 Å². The number of carboxylic acid groups (broad SMARTS) is 1. The van der Waals surface area contributed by atoms with Crippen LogP contribution in [0.15, 0.2) is 53.9 Å². The number of carbonyl (C=O) groups excluding carboxylic acids is 4. The minimum Gasteiger partial charge on any atom is -0.545 e. The van der Waals surface area contributed by atoms with Gasteiger partial charge in [-0.3, -0.25) is 9.59 Å². The van der Waals surface area contributed by atoms with E-state index in [4.69, 9.17) is 16.3 Å². The SMILES string of the molecule is CC(C)(C)OC(=O)c1c(-c2ccccc2)csc1NC(=O)CCCCC(=O)Nc1ccc(Cl)cc1C(=O)[O-].[Na+]. The van der Waals surface area contributed by atoms with Crippen molar-refractivity contribution < 1.29 is 58.6 Å². The van der Waals surface area contributed by atoms with E-state index in [0.29, 0.717) is 29.0 Å². The van der Waals surface area contributed by atoms with Gasteiger partial charge in [0, 0.05) is 40.1 Å². The predicted octanol–water partition coefficient (Wildman–Crippen LogP) is 2.53. The van der Waals surface area contributed by atoms with Gasteiger partial charge in [-0.1, -0.05) is 41.9 Å². The summed E-state index contributed by atoms with van der Waals surface area (Å²) in [6.45, 7) is 5.33. The average Bonchev–Trinajstić information content (AvgIpc) is 3.26. The van der Waals surface area contributed by atoms with Crippen LogP contribution < -0.4 is 45.3 Å². The normalized spacial score (nSPS) is 10.8. The van der Waals surface area contributed by atoms with Crippen LogP contribution in [-0.4, -0.2) is 29.4 Å². The number of rotatable bonds is 10. The van der Waals surface area contributed by atoms with Crippen LogP contribution in [0.1, 0.15) is 67.2 Å². The number of halogens is 1. The smallest absolute Gasteiger partial charge is 0.545 e. The third kappa shape index (κ3) is 9.77. The largest absolute Gasteiger partial charge is 1.00 e. The minimum absolute atomic E-state index is 0. The molecule has 8 nitrogen and oxygen atoms in total. The molecule has 0 fully saturated rings. The molecule has 11 heteroatoms. The van der Waals surface area contributed by atoms with Crippen molar-refractivity contribution >= 4 is 57.4 Å². The van der Waals surface area contributed by atoms with Gasteiger partial charge in [-0.25, -0.2) is 4.79 Å². The van der Waals surface area contributed by atoms with Gasteiger partial charge in [-0.15, -0.1) is 11.3 Å². The Balaban J connectivity index is 0.00000533. The molecule has 0 aliphatic carbocycles. The molecule has 3 aromatic rings. The summed E-state index contributed by atoms with van der Waals surface area (Å²) in [5.74, 6) is -2.67. The van der Waals surface area contributed by atoms with Crippen LogP contribution in [0.5, 0.6) is 0 Å². The molecule has 0 aliphatic rings. The quantitative estimate of drug-likeness (QED) is 0.216. The summed E-state index contributed by atoms with van der Waals surface area (Å²) < 4.78 is 5.59. The van der Waals surface area contributed by atoms with Gasteiger partial charge in [-0.2, -0.15) is 0 Å². The molecule has 0 bridgehead atoms. The number of esters is 1. The van der Waals surface area contributed by atoms with Crippen molar-refractivity contribution in [3.63, 3.8) is 0 Å². The third-order valence-corrected chi connectivity index (χ3v) is 6.40. The Bertz CT molecular complexity index is 1340. The molecule has 3 rings (SSSR count). The molecular weight excluding hydrogens is 551 g/mol. The molecule has 2 amide bonds. The topological polar surface area (TPSA) is 125 Å². The fourth-order valence-corrected chi connectivity index (χ4v) is 4.72. The molecule has 2 N–H and O–H groups in total. The maximum absolute atomic E-state index is 13.0. The van der Waals surface area contributed by atoms with Crippen molar-refractivity contribution in [3.8, 4) is 11.1 Å². The fourth-order valence-electron chi connectivity index (χ4n) is 3.58. The first-order chi connectivity index (χ1) is 17.9. The van der Waals surface area contributed by atoms with Crippen LogP contribution in [-0.2, 0) is 14.3 Å². The van der Waals surface area contributed by atoms with E-state index in [2.05, 4.69) is 10.6 Å². The number of thiophene rings is 1. The summed E-state index contributed by atoms with van der Waals surface area (Å²) in [4.78, 5) is 49.2. The van der Waals surface area contributed by atoms with Gasteiger partial charge in [0.05, 0.1) is 5.97 Å². The summed E-state index contributed by atoms with van der Waals surface area (Å²) in [6, 6.07) is 13.4. The first kappa shape index (κ1) is 32.5. The van der Waals surface area contributed by atoms with E-state index in [1.807, 2.05) is 35.7 Å². The molecule has 1 aromatic heterocycles. The summed E-state index contributed by atoms with van der Waals surface area (Å²) in [5.41, 5.74) is 0.988.